The van der Waals surface area contributed by atoms with Gasteiger partial charge in [-0.1, -0.05) is 0 Å². The number of carbonyl (C=O) groups is 8. The summed E-state index contributed by atoms with van der Waals surface area (Å²) in [5.74, 6) is -17.2. The number of aliphatic carboxylic acids is 8. The van der Waals surface area contributed by atoms with Crippen molar-refractivity contribution in [2.24, 2.45) is 0 Å². The molecule has 8 aliphatic rings. The van der Waals surface area contributed by atoms with Crippen LogP contribution in [-0.2, 0) is 114 Å². The second-order valence-electron chi connectivity index (χ2n) is 29.0. The highest BCUT2D eigenvalue weighted by Gasteiger charge is 2.60. The summed E-state index contributed by atoms with van der Waals surface area (Å²) in [5, 5.41) is 267. The molecule has 129 heavy (non-hydrogen) atoms. The third-order valence-corrected chi connectivity index (χ3v) is 26.0. The lowest BCUT2D eigenvalue weighted by molar-refractivity contribution is -0.391. The first-order valence-electron chi connectivity index (χ1n) is 47.2. The van der Waals surface area contributed by atoms with Crippen LogP contribution in [0.2, 0.25) is 0 Å². The molecule has 24 N–H and O–H groups in total. The maximum Gasteiger partial charge on any atom is 0.304 e. The Kier molecular flexibility index (Phi) is 38.0. The van der Waals surface area contributed by atoms with E-state index in [4.69, 9.17) is 84.0 Å². The first-order chi connectivity index (χ1) is 67.1. The minimum atomic E-state index is -3.34. The van der Waals surface area contributed by atoms with E-state index in [1.807, 2.05) is 0 Å². The number of aliphatic hydroxyl groups excluding tert-OH is 16. The largest absolute Gasteiger partial charge is 0.481 e. The van der Waals surface area contributed by atoms with Gasteiger partial charge in [0.05, 0.1) is 106 Å². The van der Waals surface area contributed by atoms with Crippen molar-refractivity contribution in [2.75, 3.05) is 98.8 Å². The molecule has 8 heterocycles. The van der Waals surface area contributed by atoms with Crippen LogP contribution in [0.4, 0.5) is 0 Å². The van der Waals surface area contributed by atoms with Gasteiger partial charge in [-0.3, -0.25) is 38.4 Å². The lowest BCUT2D eigenvalue weighted by atomic mass is 9.95. The number of hydrogen-bond acceptors (Lipinski definition) is 48. The van der Waals surface area contributed by atoms with Crippen LogP contribution in [0, 0.1) is 0 Å². The molecule has 0 amide bonds. The van der Waals surface area contributed by atoms with E-state index in [1.54, 1.807) is 0 Å². The third-order valence-electron chi connectivity index (χ3n) is 19.5. The number of aliphatic hydroxyl groups is 16. The molecule has 0 unspecified atom stereocenters. The molecule has 744 valence electrons. The van der Waals surface area contributed by atoms with Crippen LogP contribution in [0.3, 0.4) is 0 Å². The molecular weight excluding hydrogens is 1900 g/mol. The van der Waals surface area contributed by atoms with Crippen LogP contribution < -0.4 is 0 Å². The highest BCUT2D eigenvalue weighted by atomic mass is 32.2. The molecule has 0 saturated carbocycles. The van der Waals surface area contributed by atoms with Gasteiger partial charge in [0, 0.05) is 127 Å². The normalized spacial score (nSPS) is 42.5. The Hall–Kier alpha value is -2.72. The molecule has 8 fully saturated rings. The average Bonchev–Trinajstić information content (AvgIpc) is 0.746. The number of ether oxygens (including phenoxy) is 16. The molecule has 56 heteroatoms. The SMILES string of the molecule is [2H]C([2H])(SCCC(=O)O)[C@@H]1C[C@H](O)[C@@H](O)[C@@H](O[C@H]2[C@H](O)[C@@H](O)[C@@H](O[C@H]3[C@H](O)[C@@H](O)[C@@H](O[C@H]4[C@H](O)[C@@H](O)[C@@H](O[C@H]5[C@H](O)[C@@H](O)[C@@H](O[C@H]6[C@H](O)[C@@H](O)[C@@H](O[C@H]7[C@H](O)[C@@H](O)[C@@H](O[C@H]8[C@H](O)[C@@H](O)[C@@H](OC)O[C@@H]8C([2H])([2H])SCCC(=O)O)O[C@@H]7C([2H])([2H])SCCC(=O)O)O[C@@H]6C([2H])([2H])SCCC(=O)O)O[C@@H]5C([2H])([2H])SCCC(=O)O)O[C@@H]4C([2H])([2H])SCCC(=O)O)O[C@@H]3C([2H])([2H])SCCC(=O)O)O[C@@H]2C([2H])([2H])SCCC(=O)O)O1. The fourth-order valence-electron chi connectivity index (χ4n) is 12.8. The molecule has 0 bridgehead atoms. The molecule has 0 radical (unpaired) electrons. The number of carboxylic acids is 8. The van der Waals surface area contributed by atoms with Crippen LogP contribution in [-0.4, -0.2) is 509 Å². The quantitative estimate of drug-likeness (QED) is 0.0269. The molecule has 0 aromatic carbocycles. The number of hydrogen-bond donors (Lipinski definition) is 24. The van der Waals surface area contributed by atoms with Crippen LogP contribution in [0.25, 0.3) is 0 Å². The van der Waals surface area contributed by atoms with E-state index in [2.05, 4.69) is 0 Å². The van der Waals surface area contributed by atoms with Gasteiger partial charge in [0.2, 0.25) is 0 Å². The molecule has 0 aromatic heterocycles. The summed E-state index contributed by atoms with van der Waals surface area (Å²) >= 11 is 1.11. The highest BCUT2D eigenvalue weighted by Crippen LogP contribution is 2.42. The molecule has 39 atom stereocenters. The first-order valence-corrected chi connectivity index (χ1v) is 47.0. The molecule has 8 rings (SSSR count). The highest BCUT2D eigenvalue weighted by molar-refractivity contribution is 8.00. The number of rotatable bonds is 55. The van der Waals surface area contributed by atoms with E-state index >= 15 is 0 Å². The van der Waals surface area contributed by atoms with E-state index in [-0.39, 0.29) is 76.3 Å². The summed E-state index contributed by atoms with van der Waals surface area (Å²) in [5.41, 5.74) is -25.0. The molecule has 8 aliphatic heterocycles. The lowest BCUT2D eigenvalue weighted by Crippen LogP contribution is -2.68. The molecule has 48 nitrogen and oxygen atoms in total. The Bertz CT molecular complexity index is 4170. The van der Waals surface area contributed by atoms with Crippen molar-refractivity contribution in [3.05, 3.63) is 0 Å². The topological polar surface area (TPSA) is 770 Å². The molecule has 0 aromatic rings. The van der Waals surface area contributed by atoms with Crippen molar-refractivity contribution < 1.29 is 259 Å². The van der Waals surface area contributed by atoms with Crippen LogP contribution in [0.1, 0.15) is 79.7 Å². The van der Waals surface area contributed by atoms with Crippen LogP contribution in [0.15, 0.2) is 0 Å². The van der Waals surface area contributed by atoms with Gasteiger partial charge in [0.1, 0.15) is 134 Å². The van der Waals surface area contributed by atoms with Crippen molar-refractivity contribution in [3.8, 4) is 0 Å². The van der Waals surface area contributed by atoms with E-state index in [1.165, 1.54) is 0 Å². The first kappa shape index (κ1) is 88.9. The van der Waals surface area contributed by atoms with Gasteiger partial charge in [0.15, 0.2) is 50.3 Å². The van der Waals surface area contributed by atoms with E-state index in [0.717, 1.165) is 7.11 Å². The van der Waals surface area contributed by atoms with Gasteiger partial charge < -0.3 is 198 Å². The summed E-state index contributed by atoms with van der Waals surface area (Å²) < 4.78 is 240. The predicted octanol–water partition coefficient (Wildman–Crippen LogP) is -7.04. The van der Waals surface area contributed by atoms with Gasteiger partial charge in [0.25, 0.3) is 0 Å². The number of carboxylic acid groups (broad SMARTS) is 8. The van der Waals surface area contributed by atoms with Gasteiger partial charge in [-0.15, -0.1) is 0 Å². The molecule has 0 spiro atoms. The fourth-order valence-corrected chi connectivity index (χ4v) is 18.8. The van der Waals surface area contributed by atoms with Crippen LogP contribution >= 0.6 is 94.1 Å². The second-order valence-corrected chi connectivity index (χ2v) is 36.4. The minimum absolute atomic E-state index is 0.0232. The second kappa shape index (κ2) is 55.2. The summed E-state index contributed by atoms with van der Waals surface area (Å²) in [6, 6.07) is 0. The zero-order valence-electron chi connectivity index (χ0n) is 83.3. The lowest BCUT2D eigenvalue weighted by Gasteiger charge is -2.50. The Labute approximate surface area is 793 Å². The third kappa shape index (κ3) is 33.3. The van der Waals surface area contributed by atoms with Crippen molar-refractivity contribution in [1.29, 1.82) is 0 Å². The van der Waals surface area contributed by atoms with Gasteiger partial charge >= 0.3 is 47.8 Å². The Morgan fingerprint density at radius 2 is 0.395 bits per heavy atom. The smallest absolute Gasteiger partial charge is 0.304 e. The monoisotopic (exact) mass is 2030 g/mol. The Morgan fingerprint density at radius 1 is 0.240 bits per heavy atom. The summed E-state index contributed by atoms with van der Waals surface area (Å²) in [7, 11) is 0.963. The maximum atomic E-state index is 12.4. The van der Waals surface area contributed by atoms with E-state index in [0.29, 0.717) is 23.5 Å². The summed E-state index contributed by atoms with van der Waals surface area (Å²) in [6.45, 7) is 0. The van der Waals surface area contributed by atoms with Gasteiger partial charge in [-0.2, -0.15) is 94.1 Å². The maximum absolute atomic E-state index is 12.4. The molecule has 0 aliphatic carbocycles. The predicted molar refractivity (Wildman–Crippen MR) is 448 cm³/mol. The Morgan fingerprint density at radius 3 is 0.566 bits per heavy atom. The van der Waals surface area contributed by atoms with Gasteiger partial charge in [-0.05, 0) is 0 Å². The van der Waals surface area contributed by atoms with Crippen molar-refractivity contribution in [1.82, 2.24) is 0 Å². The average molecular weight is 2030 g/mol. The summed E-state index contributed by atoms with van der Waals surface area (Å²) in [6.07, 6.45) is -108. The van der Waals surface area contributed by atoms with Crippen LogP contribution in [0.5, 0.6) is 0 Å². The molecular formula is C73H116O48S8. The minimum Gasteiger partial charge on any atom is -0.481 e. The zero-order chi connectivity index (χ0) is 109. The van der Waals surface area contributed by atoms with E-state index in [9.17, 15) is 175 Å². The summed E-state index contributed by atoms with van der Waals surface area (Å²) in [4.78, 5) is 94.0. The number of thioether (sulfide) groups is 8. The van der Waals surface area contributed by atoms with Crippen molar-refractivity contribution >= 4 is 142 Å². The van der Waals surface area contributed by atoms with Crippen molar-refractivity contribution in [2.45, 2.75) is 297 Å². The van der Waals surface area contributed by atoms with Gasteiger partial charge in [-0.25, -0.2) is 0 Å². The molecule has 8 saturated heterocycles. The number of methoxy groups -OCH3 is 1. The van der Waals surface area contributed by atoms with Crippen molar-refractivity contribution in [3.63, 3.8) is 0 Å². The Balaban J connectivity index is 1.12. The van der Waals surface area contributed by atoms with E-state index < -0.39 is 431 Å². The zero-order valence-corrected chi connectivity index (χ0v) is 73.9. The fraction of sp³-hybridized carbons (Fsp3) is 0.890. The standard InChI is InChI=1S/C73H116O48S8/c1-106-66-52(99)45(92)59(29(108-66)20-123-11-3-37(77)78)116-68-54(101)47(94)61(31(110-68)22-125-13-5-39(81)82)118-70-56(103)49(96)63(33(112-70)24-127-15-7-41(85)86)120-72-58(105)51(98)65(35(114-72)26-129-17-9-43(89)90)121-73-57(104)50(97)64(34(113-73)25-128-16-8-42(87)88)119-71-55(102)48(95)62(32(111-71)23-126-14-6-40(83)84)117-69-53(100)46(93)60(30(109-69)21-124-12-4-38(79)80)115-67-44(91)28(74)18-27(107-67)19-122-10-2-36(75)76/h27-35,44-74,91-105H,2-26H2,1H3,(H,75,76)(H,77,78)(H,79,80)(H,81,82)(H,83,84)(H,85,86)(H,87,88)(H,89,90)/t27-,28-,29+,30+,31+,32+,33+,34+,35+,44+,45+,46+,47+,48+,49+,50+,51+,52+,53+,54+,55+,56+,57+,58+,59+,60+,61+,62+,63+,64+,65+,66-,67+,68+,69+,70+,71+,72+,73+/m0/s1/i19D2,20D2,21D2,22D2,23D2,24D2,25D2,26D2.